The average Bonchev–Trinajstić information content (AvgIpc) is 2.90. The highest BCUT2D eigenvalue weighted by Gasteiger charge is 2.37. The first-order valence-electron chi connectivity index (χ1n) is 8.85. The Labute approximate surface area is 130 Å². The lowest BCUT2D eigenvalue weighted by Gasteiger charge is -2.38. The van der Waals surface area contributed by atoms with Crippen LogP contribution in [-0.4, -0.2) is 6.04 Å². The molecule has 1 aromatic rings. The van der Waals surface area contributed by atoms with Gasteiger partial charge in [0.05, 0.1) is 0 Å². The minimum Gasteiger partial charge on any atom is -0.382 e. The second kappa shape index (κ2) is 5.66. The van der Waals surface area contributed by atoms with Crippen LogP contribution in [0.3, 0.4) is 0 Å². The summed E-state index contributed by atoms with van der Waals surface area (Å²) in [6.07, 6.45) is 11.6. The van der Waals surface area contributed by atoms with Crippen molar-refractivity contribution in [2.45, 2.75) is 83.6 Å². The average molecular weight is 285 g/mol. The summed E-state index contributed by atoms with van der Waals surface area (Å²) in [5.41, 5.74) is 3.76. The maximum atomic E-state index is 3.86. The molecule has 0 amide bonds. The molecule has 0 saturated heterocycles. The molecule has 2 aliphatic rings. The lowest BCUT2D eigenvalue weighted by Crippen LogP contribution is -2.32. The second-order valence-electron chi connectivity index (χ2n) is 8.42. The van der Waals surface area contributed by atoms with Crippen LogP contribution in [0.5, 0.6) is 0 Å². The van der Waals surface area contributed by atoms with Gasteiger partial charge in [0.2, 0.25) is 0 Å². The van der Waals surface area contributed by atoms with Crippen LogP contribution in [-0.2, 0) is 5.41 Å². The van der Waals surface area contributed by atoms with E-state index >= 15 is 0 Å². The highest BCUT2D eigenvalue weighted by atomic mass is 14.9. The van der Waals surface area contributed by atoms with Crippen molar-refractivity contribution in [2.24, 2.45) is 5.41 Å². The van der Waals surface area contributed by atoms with Crippen molar-refractivity contribution >= 4 is 5.69 Å². The summed E-state index contributed by atoms with van der Waals surface area (Å²) in [5.74, 6) is 0. The zero-order valence-electron chi connectivity index (χ0n) is 14.0. The molecule has 1 nitrogen and oxygen atoms in total. The minimum absolute atomic E-state index is 0.213. The highest BCUT2D eigenvalue weighted by molar-refractivity contribution is 5.54. The standard InChI is InChI=1S/C20H31N/c1-19(2,3)17-8-4-5-9-18(17)21-16-10-14-20(15-11-16)12-6-7-13-20/h4-5,8-9,16,21H,6-7,10-15H2,1-3H3. The molecule has 1 aromatic carbocycles. The topological polar surface area (TPSA) is 12.0 Å². The van der Waals surface area contributed by atoms with Gasteiger partial charge in [0.25, 0.3) is 0 Å². The molecule has 1 spiro atoms. The summed E-state index contributed by atoms with van der Waals surface area (Å²) in [5, 5.41) is 3.86. The molecule has 1 N–H and O–H groups in total. The predicted octanol–water partition coefficient (Wildman–Crippen LogP) is 5.90. The van der Waals surface area contributed by atoms with Crippen LogP contribution in [0, 0.1) is 5.41 Å². The maximum Gasteiger partial charge on any atom is 0.0380 e. The molecule has 2 saturated carbocycles. The monoisotopic (exact) mass is 285 g/mol. The van der Waals surface area contributed by atoms with Gasteiger partial charge in [0.1, 0.15) is 0 Å². The van der Waals surface area contributed by atoms with E-state index in [0.717, 1.165) is 5.41 Å². The van der Waals surface area contributed by atoms with E-state index in [-0.39, 0.29) is 5.41 Å². The van der Waals surface area contributed by atoms with Crippen molar-refractivity contribution in [3.63, 3.8) is 0 Å². The molecular formula is C20H31N. The van der Waals surface area contributed by atoms with E-state index in [0.29, 0.717) is 6.04 Å². The molecule has 0 aromatic heterocycles. The van der Waals surface area contributed by atoms with Gasteiger partial charge in [0, 0.05) is 11.7 Å². The van der Waals surface area contributed by atoms with Crippen molar-refractivity contribution in [1.29, 1.82) is 0 Å². The Morgan fingerprint density at radius 3 is 2.19 bits per heavy atom. The van der Waals surface area contributed by atoms with Crippen molar-refractivity contribution < 1.29 is 0 Å². The number of para-hydroxylation sites is 1. The normalized spacial score (nSPS) is 22.6. The molecule has 3 rings (SSSR count). The van der Waals surface area contributed by atoms with Gasteiger partial charge in [-0.25, -0.2) is 0 Å². The number of hydrogen-bond acceptors (Lipinski definition) is 1. The summed E-state index contributed by atoms with van der Waals surface area (Å²) < 4.78 is 0. The van der Waals surface area contributed by atoms with E-state index in [4.69, 9.17) is 0 Å². The number of nitrogens with one attached hydrogen (secondary N) is 1. The highest BCUT2D eigenvalue weighted by Crippen LogP contribution is 2.49. The largest absolute Gasteiger partial charge is 0.382 e. The quantitative estimate of drug-likeness (QED) is 0.713. The summed E-state index contributed by atoms with van der Waals surface area (Å²) in [6, 6.07) is 9.56. The summed E-state index contributed by atoms with van der Waals surface area (Å²) in [6.45, 7) is 6.92. The van der Waals surface area contributed by atoms with Crippen LogP contribution in [0.1, 0.15) is 77.7 Å². The van der Waals surface area contributed by atoms with E-state index in [1.807, 2.05) is 0 Å². The molecule has 116 valence electrons. The van der Waals surface area contributed by atoms with Gasteiger partial charge in [-0.15, -0.1) is 0 Å². The fourth-order valence-corrected chi connectivity index (χ4v) is 4.48. The lowest BCUT2D eigenvalue weighted by molar-refractivity contribution is 0.188. The van der Waals surface area contributed by atoms with Crippen LogP contribution >= 0.6 is 0 Å². The second-order valence-corrected chi connectivity index (χ2v) is 8.42. The molecule has 2 aliphatic carbocycles. The lowest BCUT2D eigenvalue weighted by atomic mass is 9.71. The molecular weight excluding hydrogens is 254 g/mol. The Balaban J connectivity index is 1.66. The molecule has 0 atom stereocenters. The van der Waals surface area contributed by atoms with Crippen LogP contribution in [0.2, 0.25) is 0 Å². The fourth-order valence-electron chi connectivity index (χ4n) is 4.48. The minimum atomic E-state index is 0.213. The Morgan fingerprint density at radius 2 is 1.57 bits per heavy atom. The molecule has 0 unspecified atom stereocenters. The van der Waals surface area contributed by atoms with Gasteiger partial charge in [-0.1, -0.05) is 51.8 Å². The van der Waals surface area contributed by atoms with Crippen molar-refractivity contribution in [1.82, 2.24) is 0 Å². The zero-order chi connectivity index (χ0) is 14.9. The summed E-state index contributed by atoms with van der Waals surface area (Å²) >= 11 is 0. The van der Waals surface area contributed by atoms with Crippen molar-refractivity contribution in [2.75, 3.05) is 5.32 Å². The first kappa shape index (κ1) is 14.9. The SMILES string of the molecule is CC(C)(C)c1ccccc1NC1CCC2(CCCC2)CC1. The molecule has 1 heteroatoms. The van der Waals surface area contributed by atoms with Crippen LogP contribution in [0.4, 0.5) is 5.69 Å². The molecule has 2 fully saturated rings. The van der Waals surface area contributed by atoms with Gasteiger partial charge in [-0.05, 0) is 61.0 Å². The van der Waals surface area contributed by atoms with Crippen molar-refractivity contribution in [3.05, 3.63) is 29.8 Å². The van der Waals surface area contributed by atoms with E-state index in [2.05, 4.69) is 50.4 Å². The Bertz CT molecular complexity index is 467. The third kappa shape index (κ3) is 3.27. The molecule has 0 radical (unpaired) electrons. The number of rotatable bonds is 2. The van der Waals surface area contributed by atoms with Crippen molar-refractivity contribution in [3.8, 4) is 0 Å². The molecule has 0 bridgehead atoms. The van der Waals surface area contributed by atoms with Gasteiger partial charge in [0.15, 0.2) is 0 Å². The summed E-state index contributed by atoms with van der Waals surface area (Å²) in [4.78, 5) is 0. The van der Waals surface area contributed by atoms with Gasteiger partial charge < -0.3 is 5.32 Å². The third-order valence-corrected chi connectivity index (χ3v) is 5.81. The Morgan fingerprint density at radius 1 is 0.952 bits per heavy atom. The number of benzene rings is 1. The van der Waals surface area contributed by atoms with Gasteiger partial charge in [-0.3, -0.25) is 0 Å². The maximum absolute atomic E-state index is 3.86. The summed E-state index contributed by atoms with van der Waals surface area (Å²) in [7, 11) is 0. The predicted molar refractivity (Wildman–Crippen MR) is 91.9 cm³/mol. The molecule has 0 heterocycles. The van der Waals surface area contributed by atoms with Gasteiger partial charge >= 0.3 is 0 Å². The first-order chi connectivity index (χ1) is 9.99. The fraction of sp³-hybridized carbons (Fsp3) is 0.700. The Kier molecular flexibility index (Phi) is 4.03. The van der Waals surface area contributed by atoms with E-state index in [9.17, 15) is 0 Å². The number of hydrogen-bond donors (Lipinski definition) is 1. The Hall–Kier alpha value is -0.980. The van der Waals surface area contributed by atoms with Crippen LogP contribution < -0.4 is 5.32 Å². The van der Waals surface area contributed by atoms with E-state index in [1.165, 1.54) is 62.6 Å². The van der Waals surface area contributed by atoms with Crippen LogP contribution in [0.25, 0.3) is 0 Å². The first-order valence-corrected chi connectivity index (χ1v) is 8.85. The van der Waals surface area contributed by atoms with E-state index < -0.39 is 0 Å². The smallest absolute Gasteiger partial charge is 0.0380 e. The van der Waals surface area contributed by atoms with Gasteiger partial charge in [-0.2, -0.15) is 0 Å². The number of anilines is 1. The zero-order valence-corrected chi connectivity index (χ0v) is 14.0. The third-order valence-electron chi connectivity index (χ3n) is 5.81. The van der Waals surface area contributed by atoms with Crippen LogP contribution in [0.15, 0.2) is 24.3 Å². The van der Waals surface area contributed by atoms with E-state index in [1.54, 1.807) is 0 Å². The molecule has 0 aliphatic heterocycles. The molecule has 21 heavy (non-hydrogen) atoms.